The summed E-state index contributed by atoms with van der Waals surface area (Å²) in [7, 11) is 1.54. The zero-order valence-corrected chi connectivity index (χ0v) is 17.0. The molecule has 0 spiro atoms. The van der Waals surface area contributed by atoms with Crippen molar-refractivity contribution in [2.24, 2.45) is 0 Å². The third-order valence-corrected chi connectivity index (χ3v) is 4.56. The van der Waals surface area contributed by atoms with Gasteiger partial charge in [-0.1, -0.05) is 0 Å². The second-order valence-electron chi connectivity index (χ2n) is 6.63. The first-order valence-electron chi connectivity index (χ1n) is 9.50. The van der Waals surface area contributed by atoms with Crippen molar-refractivity contribution < 1.29 is 28.2 Å². The SMILES string of the molecule is CCOC(=O)CCc1cc2c(C)cc(=O)oc2cc1OC(=O)c1ccc(OC)cc1. The number of benzene rings is 2. The second kappa shape index (κ2) is 9.26. The quantitative estimate of drug-likeness (QED) is 0.332. The Kier molecular flexibility index (Phi) is 6.51. The number of hydrogen-bond acceptors (Lipinski definition) is 7. The number of ether oxygens (including phenoxy) is 3. The van der Waals surface area contributed by atoms with Crippen molar-refractivity contribution >= 4 is 22.9 Å². The Morgan fingerprint density at radius 1 is 1.07 bits per heavy atom. The van der Waals surface area contributed by atoms with E-state index in [2.05, 4.69) is 0 Å². The average Bonchev–Trinajstić information content (AvgIpc) is 2.72. The van der Waals surface area contributed by atoms with E-state index in [-0.39, 0.29) is 18.1 Å². The highest BCUT2D eigenvalue weighted by molar-refractivity contribution is 5.92. The van der Waals surface area contributed by atoms with Crippen LogP contribution in [0.5, 0.6) is 11.5 Å². The maximum Gasteiger partial charge on any atom is 0.343 e. The molecule has 0 aliphatic heterocycles. The van der Waals surface area contributed by atoms with Gasteiger partial charge in [0.25, 0.3) is 0 Å². The van der Waals surface area contributed by atoms with Gasteiger partial charge in [0, 0.05) is 23.9 Å². The highest BCUT2D eigenvalue weighted by Gasteiger charge is 2.16. The monoisotopic (exact) mass is 410 g/mol. The number of aryl methyl sites for hydroxylation is 2. The first-order valence-corrected chi connectivity index (χ1v) is 9.50. The van der Waals surface area contributed by atoms with Crippen LogP contribution in [0, 0.1) is 6.92 Å². The Morgan fingerprint density at radius 3 is 2.47 bits per heavy atom. The van der Waals surface area contributed by atoms with Gasteiger partial charge in [0.05, 0.1) is 19.3 Å². The molecule has 0 fully saturated rings. The highest BCUT2D eigenvalue weighted by atomic mass is 16.5. The van der Waals surface area contributed by atoms with Crippen LogP contribution >= 0.6 is 0 Å². The Bertz CT molecular complexity index is 1130. The lowest BCUT2D eigenvalue weighted by molar-refractivity contribution is -0.143. The molecule has 7 nitrogen and oxygen atoms in total. The molecular formula is C23H22O7. The zero-order valence-electron chi connectivity index (χ0n) is 17.0. The molecule has 0 bridgehead atoms. The van der Waals surface area contributed by atoms with E-state index < -0.39 is 11.6 Å². The molecule has 0 radical (unpaired) electrons. The fourth-order valence-corrected chi connectivity index (χ4v) is 3.04. The van der Waals surface area contributed by atoms with Crippen LogP contribution in [-0.2, 0) is 16.0 Å². The van der Waals surface area contributed by atoms with Crippen molar-refractivity contribution in [1.29, 1.82) is 0 Å². The topological polar surface area (TPSA) is 92.0 Å². The lowest BCUT2D eigenvalue weighted by Crippen LogP contribution is -2.11. The summed E-state index contributed by atoms with van der Waals surface area (Å²) in [5.74, 6) is -0.0864. The van der Waals surface area contributed by atoms with Gasteiger partial charge in [-0.2, -0.15) is 0 Å². The van der Waals surface area contributed by atoms with Crippen molar-refractivity contribution in [3.63, 3.8) is 0 Å². The fourth-order valence-electron chi connectivity index (χ4n) is 3.04. The van der Waals surface area contributed by atoms with E-state index in [1.807, 2.05) is 0 Å². The molecule has 7 heteroatoms. The van der Waals surface area contributed by atoms with Crippen LogP contribution in [0.3, 0.4) is 0 Å². The van der Waals surface area contributed by atoms with Gasteiger partial charge in [0.1, 0.15) is 17.1 Å². The molecule has 30 heavy (non-hydrogen) atoms. The summed E-state index contributed by atoms with van der Waals surface area (Å²) < 4.78 is 20.9. The van der Waals surface area contributed by atoms with E-state index >= 15 is 0 Å². The van der Waals surface area contributed by atoms with Gasteiger partial charge in [-0.05, 0) is 61.7 Å². The maximum absolute atomic E-state index is 12.6. The Labute approximate surface area is 173 Å². The molecule has 0 saturated carbocycles. The summed E-state index contributed by atoms with van der Waals surface area (Å²) in [5, 5.41) is 0.706. The molecule has 2 aromatic carbocycles. The number of carbonyl (C=O) groups excluding carboxylic acids is 2. The normalized spacial score (nSPS) is 10.6. The lowest BCUT2D eigenvalue weighted by atomic mass is 10.0. The van der Waals surface area contributed by atoms with E-state index in [0.717, 1.165) is 5.56 Å². The van der Waals surface area contributed by atoms with Crippen LogP contribution in [0.2, 0.25) is 0 Å². The first-order chi connectivity index (χ1) is 14.4. The fraction of sp³-hybridized carbons (Fsp3) is 0.261. The number of methoxy groups -OCH3 is 1. The minimum Gasteiger partial charge on any atom is -0.497 e. The largest absolute Gasteiger partial charge is 0.497 e. The minimum absolute atomic E-state index is 0.127. The third kappa shape index (κ3) is 4.86. The van der Waals surface area contributed by atoms with E-state index in [9.17, 15) is 14.4 Å². The number of hydrogen-bond donors (Lipinski definition) is 0. The summed E-state index contributed by atoms with van der Waals surface area (Å²) in [6.07, 6.45) is 0.431. The second-order valence-corrected chi connectivity index (χ2v) is 6.63. The predicted octanol–water partition coefficient (Wildman–Crippen LogP) is 3.82. The molecule has 0 unspecified atom stereocenters. The Morgan fingerprint density at radius 2 is 1.80 bits per heavy atom. The molecule has 0 aliphatic rings. The molecule has 0 saturated heterocycles. The summed E-state index contributed by atoms with van der Waals surface area (Å²) in [4.78, 5) is 36.2. The van der Waals surface area contributed by atoms with Crippen molar-refractivity contribution in [1.82, 2.24) is 0 Å². The highest BCUT2D eigenvalue weighted by Crippen LogP contribution is 2.29. The van der Waals surface area contributed by atoms with Crippen LogP contribution in [0.1, 0.15) is 34.8 Å². The standard InChI is InChI=1S/C23H22O7/c1-4-28-21(24)10-7-16-12-18-14(2)11-22(25)29-20(18)13-19(16)30-23(26)15-5-8-17(27-3)9-6-15/h5-6,8-9,11-13H,4,7,10H2,1-3H3. The Balaban J connectivity index is 1.96. The minimum atomic E-state index is -0.579. The molecule has 0 aliphatic carbocycles. The van der Waals surface area contributed by atoms with Gasteiger partial charge in [-0.3, -0.25) is 4.79 Å². The number of carbonyl (C=O) groups is 2. The Hall–Kier alpha value is -3.61. The zero-order chi connectivity index (χ0) is 21.7. The average molecular weight is 410 g/mol. The van der Waals surface area contributed by atoms with Gasteiger partial charge in [-0.25, -0.2) is 9.59 Å². The molecular weight excluding hydrogens is 388 g/mol. The summed E-state index contributed by atoms with van der Waals surface area (Å²) >= 11 is 0. The molecule has 1 aromatic heterocycles. The van der Waals surface area contributed by atoms with Gasteiger partial charge >= 0.3 is 17.6 Å². The summed E-state index contributed by atoms with van der Waals surface area (Å²) in [5.41, 5.74) is 1.50. The summed E-state index contributed by atoms with van der Waals surface area (Å²) in [6.45, 7) is 3.82. The van der Waals surface area contributed by atoms with E-state index in [0.29, 0.717) is 40.9 Å². The van der Waals surface area contributed by atoms with Crippen LogP contribution < -0.4 is 15.1 Å². The summed E-state index contributed by atoms with van der Waals surface area (Å²) in [6, 6.07) is 11.1. The van der Waals surface area contributed by atoms with Crippen molar-refractivity contribution in [3.05, 3.63) is 69.6 Å². The van der Waals surface area contributed by atoms with E-state index in [1.165, 1.54) is 19.2 Å². The van der Waals surface area contributed by atoms with Gasteiger partial charge in [0.2, 0.25) is 0 Å². The molecule has 3 rings (SSSR count). The number of rotatable bonds is 7. The molecule has 0 N–H and O–H groups in total. The van der Waals surface area contributed by atoms with Crippen molar-refractivity contribution in [3.8, 4) is 11.5 Å². The predicted molar refractivity (Wildman–Crippen MR) is 110 cm³/mol. The van der Waals surface area contributed by atoms with Crippen LogP contribution in [0.4, 0.5) is 0 Å². The molecule has 156 valence electrons. The molecule has 3 aromatic rings. The molecule has 1 heterocycles. The van der Waals surface area contributed by atoms with Gasteiger partial charge in [0.15, 0.2) is 0 Å². The third-order valence-electron chi connectivity index (χ3n) is 4.56. The molecule has 0 amide bonds. The molecule has 0 atom stereocenters. The van der Waals surface area contributed by atoms with Crippen molar-refractivity contribution in [2.75, 3.05) is 13.7 Å². The first kappa shape index (κ1) is 21.1. The van der Waals surface area contributed by atoms with Gasteiger partial charge in [-0.15, -0.1) is 0 Å². The van der Waals surface area contributed by atoms with Crippen LogP contribution in [-0.4, -0.2) is 25.7 Å². The smallest absolute Gasteiger partial charge is 0.343 e. The van der Waals surface area contributed by atoms with E-state index in [4.69, 9.17) is 18.6 Å². The van der Waals surface area contributed by atoms with Gasteiger partial charge < -0.3 is 18.6 Å². The maximum atomic E-state index is 12.6. The van der Waals surface area contributed by atoms with E-state index in [1.54, 1.807) is 44.2 Å². The number of fused-ring (bicyclic) bond motifs is 1. The van der Waals surface area contributed by atoms with Crippen LogP contribution in [0.15, 0.2) is 51.7 Å². The van der Waals surface area contributed by atoms with Crippen LogP contribution in [0.25, 0.3) is 11.0 Å². The number of esters is 2. The van der Waals surface area contributed by atoms with Crippen molar-refractivity contribution in [2.45, 2.75) is 26.7 Å². The lowest BCUT2D eigenvalue weighted by Gasteiger charge is -2.12.